The Morgan fingerprint density at radius 1 is 1.00 bits per heavy atom. The fraction of sp³-hybridized carbons (Fsp3) is 0.545. The molecule has 0 bridgehead atoms. The molecule has 152 valence electrons. The zero-order valence-corrected chi connectivity index (χ0v) is 17.3. The van der Waals surface area contributed by atoms with Gasteiger partial charge in [-0.1, -0.05) is 0 Å². The summed E-state index contributed by atoms with van der Waals surface area (Å²) in [5.74, 6) is 1.60. The van der Waals surface area contributed by atoms with Crippen molar-refractivity contribution in [3.05, 3.63) is 51.2 Å². The maximum Gasteiger partial charge on any atom is 0.267 e. The zero-order chi connectivity index (χ0) is 20.0. The second kappa shape index (κ2) is 7.28. The van der Waals surface area contributed by atoms with E-state index in [0.717, 1.165) is 73.9 Å². The summed E-state index contributed by atoms with van der Waals surface area (Å²) in [6.07, 6.45) is 6.47. The predicted molar refractivity (Wildman–Crippen MR) is 113 cm³/mol. The first-order valence-corrected chi connectivity index (χ1v) is 10.8. The summed E-state index contributed by atoms with van der Waals surface area (Å²) in [6, 6.07) is 5.97. The Kier molecular flexibility index (Phi) is 4.60. The first-order valence-electron chi connectivity index (χ1n) is 10.8. The van der Waals surface area contributed by atoms with E-state index in [0.29, 0.717) is 5.92 Å². The van der Waals surface area contributed by atoms with Gasteiger partial charge in [-0.2, -0.15) is 14.7 Å². The van der Waals surface area contributed by atoms with Crippen molar-refractivity contribution < 1.29 is 0 Å². The SMILES string of the molecule is Cc1cc(N2CCC(Cn3nc4c(cc3=O)CCCC4)CC2)n2nc(C)cc2n1. The second-order valence-corrected chi connectivity index (χ2v) is 8.59. The van der Waals surface area contributed by atoms with Crippen molar-refractivity contribution in [1.29, 1.82) is 0 Å². The van der Waals surface area contributed by atoms with Gasteiger partial charge in [0.05, 0.1) is 11.4 Å². The third-order valence-electron chi connectivity index (χ3n) is 6.30. The molecule has 0 radical (unpaired) electrons. The van der Waals surface area contributed by atoms with Crippen LogP contribution in [0.15, 0.2) is 23.0 Å². The number of piperidine rings is 1. The molecular weight excluding hydrogens is 364 g/mol. The van der Waals surface area contributed by atoms with E-state index in [9.17, 15) is 4.79 Å². The maximum atomic E-state index is 12.5. The van der Waals surface area contributed by atoms with Gasteiger partial charge in [0.15, 0.2) is 5.65 Å². The topological polar surface area (TPSA) is 68.3 Å². The van der Waals surface area contributed by atoms with Crippen molar-refractivity contribution in [3.8, 4) is 0 Å². The van der Waals surface area contributed by atoms with Gasteiger partial charge in [0.2, 0.25) is 0 Å². The number of hydrogen-bond donors (Lipinski definition) is 0. The molecule has 1 aliphatic heterocycles. The summed E-state index contributed by atoms with van der Waals surface area (Å²) < 4.78 is 3.67. The molecule has 3 aromatic heterocycles. The molecule has 0 amide bonds. The van der Waals surface area contributed by atoms with Gasteiger partial charge in [0.1, 0.15) is 5.82 Å². The number of rotatable bonds is 3. The molecular formula is C22H28N6O. The van der Waals surface area contributed by atoms with E-state index < -0.39 is 0 Å². The van der Waals surface area contributed by atoms with Crippen molar-refractivity contribution in [2.45, 2.75) is 58.9 Å². The lowest BCUT2D eigenvalue weighted by Crippen LogP contribution is -2.38. The van der Waals surface area contributed by atoms with Gasteiger partial charge >= 0.3 is 0 Å². The number of anilines is 1. The van der Waals surface area contributed by atoms with Crippen LogP contribution < -0.4 is 10.5 Å². The number of fused-ring (bicyclic) bond motifs is 2. The highest BCUT2D eigenvalue weighted by Crippen LogP contribution is 2.25. The van der Waals surface area contributed by atoms with Crippen molar-refractivity contribution >= 4 is 11.5 Å². The van der Waals surface area contributed by atoms with E-state index in [1.165, 1.54) is 18.4 Å². The van der Waals surface area contributed by atoms with Gasteiger partial charge in [-0.05, 0) is 63.9 Å². The first kappa shape index (κ1) is 18.3. The molecule has 7 nitrogen and oxygen atoms in total. The first-order chi connectivity index (χ1) is 14.1. The van der Waals surface area contributed by atoms with Crippen LogP contribution in [-0.2, 0) is 19.4 Å². The summed E-state index contributed by atoms with van der Waals surface area (Å²) in [5.41, 5.74) is 5.27. The highest BCUT2D eigenvalue weighted by molar-refractivity contribution is 5.52. The Balaban J connectivity index is 1.31. The van der Waals surface area contributed by atoms with E-state index in [4.69, 9.17) is 5.10 Å². The number of nitrogens with zero attached hydrogens (tertiary/aromatic N) is 6. The standard InChI is InChI=1S/C22H28N6O/c1-15-12-21(28-20(23-15)11-16(2)24-28)26-9-7-17(8-10-26)14-27-22(29)13-18-5-3-4-6-19(18)25-27/h11-13,17H,3-10,14H2,1-2H3. The fourth-order valence-electron chi connectivity index (χ4n) is 4.74. The minimum Gasteiger partial charge on any atom is -0.356 e. The third kappa shape index (κ3) is 3.54. The molecule has 1 saturated heterocycles. The normalized spacial score (nSPS) is 17.7. The molecule has 0 saturated carbocycles. The third-order valence-corrected chi connectivity index (χ3v) is 6.30. The Morgan fingerprint density at radius 2 is 1.79 bits per heavy atom. The number of hydrogen-bond acceptors (Lipinski definition) is 5. The molecule has 0 aromatic carbocycles. The van der Waals surface area contributed by atoms with Gasteiger partial charge in [0, 0.05) is 43.5 Å². The summed E-state index contributed by atoms with van der Waals surface area (Å²) >= 11 is 0. The van der Waals surface area contributed by atoms with Crippen LogP contribution in [0.5, 0.6) is 0 Å². The molecule has 0 spiro atoms. The van der Waals surface area contributed by atoms with Gasteiger partial charge in [-0.3, -0.25) is 4.79 Å². The van der Waals surface area contributed by atoms with E-state index in [-0.39, 0.29) is 5.56 Å². The minimum absolute atomic E-state index is 0.0616. The average molecular weight is 393 g/mol. The quantitative estimate of drug-likeness (QED) is 0.686. The molecule has 4 heterocycles. The maximum absolute atomic E-state index is 12.5. The van der Waals surface area contributed by atoms with Crippen LogP contribution in [0.2, 0.25) is 0 Å². The number of aryl methyl sites for hydroxylation is 4. The molecule has 0 N–H and O–H groups in total. The van der Waals surface area contributed by atoms with Crippen LogP contribution >= 0.6 is 0 Å². The van der Waals surface area contributed by atoms with E-state index in [2.05, 4.69) is 21.0 Å². The van der Waals surface area contributed by atoms with Crippen molar-refractivity contribution in [1.82, 2.24) is 24.4 Å². The van der Waals surface area contributed by atoms with Crippen LogP contribution in [0.3, 0.4) is 0 Å². The summed E-state index contributed by atoms with van der Waals surface area (Å²) in [7, 11) is 0. The van der Waals surface area contributed by atoms with Crippen molar-refractivity contribution in [3.63, 3.8) is 0 Å². The smallest absolute Gasteiger partial charge is 0.267 e. The molecule has 7 heteroatoms. The lowest BCUT2D eigenvalue weighted by Gasteiger charge is -2.33. The van der Waals surface area contributed by atoms with Crippen LogP contribution in [0.4, 0.5) is 5.82 Å². The Hall–Kier alpha value is -2.70. The largest absolute Gasteiger partial charge is 0.356 e. The summed E-state index contributed by atoms with van der Waals surface area (Å²) in [4.78, 5) is 19.5. The lowest BCUT2D eigenvalue weighted by atomic mass is 9.96. The van der Waals surface area contributed by atoms with Gasteiger partial charge in [0.25, 0.3) is 5.56 Å². The van der Waals surface area contributed by atoms with Gasteiger partial charge in [-0.15, -0.1) is 0 Å². The monoisotopic (exact) mass is 392 g/mol. The molecule has 5 rings (SSSR count). The van der Waals surface area contributed by atoms with Gasteiger partial charge < -0.3 is 4.90 Å². The molecule has 29 heavy (non-hydrogen) atoms. The van der Waals surface area contributed by atoms with Crippen LogP contribution in [0.25, 0.3) is 5.65 Å². The molecule has 2 aliphatic rings. The number of aromatic nitrogens is 5. The van der Waals surface area contributed by atoms with Crippen molar-refractivity contribution in [2.75, 3.05) is 18.0 Å². The molecule has 0 unspecified atom stereocenters. The van der Waals surface area contributed by atoms with E-state index >= 15 is 0 Å². The summed E-state index contributed by atoms with van der Waals surface area (Å²) in [5, 5.41) is 9.33. The molecule has 1 fully saturated rings. The lowest BCUT2D eigenvalue weighted by molar-refractivity contribution is 0.331. The molecule has 0 atom stereocenters. The van der Waals surface area contributed by atoms with E-state index in [1.807, 2.05) is 30.5 Å². The van der Waals surface area contributed by atoms with Crippen LogP contribution in [0.1, 0.15) is 48.3 Å². The van der Waals surface area contributed by atoms with Gasteiger partial charge in [-0.25, -0.2) is 9.67 Å². The second-order valence-electron chi connectivity index (χ2n) is 8.59. The average Bonchev–Trinajstić information content (AvgIpc) is 3.08. The Morgan fingerprint density at radius 3 is 2.62 bits per heavy atom. The van der Waals surface area contributed by atoms with Crippen LogP contribution in [0, 0.1) is 19.8 Å². The highest BCUT2D eigenvalue weighted by Gasteiger charge is 2.23. The molecule has 3 aromatic rings. The summed E-state index contributed by atoms with van der Waals surface area (Å²) in [6.45, 7) is 6.69. The Labute approximate surface area is 170 Å². The van der Waals surface area contributed by atoms with E-state index in [1.54, 1.807) is 4.68 Å². The van der Waals surface area contributed by atoms with Crippen molar-refractivity contribution in [2.24, 2.45) is 5.92 Å². The zero-order valence-electron chi connectivity index (χ0n) is 17.3. The van der Waals surface area contributed by atoms with Crippen LogP contribution in [-0.4, -0.2) is 37.5 Å². The Bertz CT molecular complexity index is 1110. The predicted octanol–water partition coefficient (Wildman–Crippen LogP) is 2.70. The fourth-order valence-corrected chi connectivity index (χ4v) is 4.74. The highest BCUT2D eigenvalue weighted by atomic mass is 16.1. The minimum atomic E-state index is 0.0616. The molecule has 1 aliphatic carbocycles.